The summed E-state index contributed by atoms with van der Waals surface area (Å²) in [5, 5.41) is 3.54. The second-order valence-electron chi connectivity index (χ2n) is 7.33. The van der Waals surface area contributed by atoms with Gasteiger partial charge in [0.2, 0.25) is 0 Å². The second kappa shape index (κ2) is 9.60. The number of hydrogen-bond donors (Lipinski definition) is 1. The van der Waals surface area contributed by atoms with E-state index in [0.29, 0.717) is 6.54 Å². The molecule has 0 radical (unpaired) electrons. The molecule has 0 spiro atoms. The van der Waals surface area contributed by atoms with Gasteiger partial charge in [-0.3, -0.25) is 4.79 Å². The monoisotopic (exact) mass is 382 g/mol. The highest BCUT2D eigenvalue weighted by Gasteiger charge is 2.19. The highest BCUT2D eigenvalue weighted by Crippen LogP contribution is 2.27. The van der Waals surface area contributed by atoms with Crippen LogP contribution in [-0.4, -0.2) is 37.6 Å². The minimum absolute atomic E-state index is 0.0677. The standard InChI is InChI=1S/C23H30N2O3/c1-17-10-11-22(27-3)20(14-17)18(2)24-15-19-8-4-5-9-21(19)28-16-23(26)25-12-6-7-13-25/h4-5,8-11,14,18,24H,6-7,12-13,15-16H2,1-3H3/t18-/m0/s1. The van der Waals surface area contributed by atoms with Gasteiger partial charge in [-0.25, -0.2) is 0 Å². The molecule has 5 nitrogen and oxygen atoms in total. The lowest BCUT2D eigenvalue weighted by molar-refractivity contribution is -0.132. The van der Waals surface area contributed by atoms with Crippen molar-refractivity contribution < 1.29 is 14.3 Å². The highest BCUT2D eigenvalue weighted by atomic mass is 16.5. The Morgan fingerprint density at radius 1 is 1.14 bits per heavy atom. The van der Waals surface area contributed by atoms with E-state index in [0.717, 1.165) is 48.6 Å². The van der Waals surface area contributed by atoms with Crippen LogP contribution in [0.4, 0.5) is 0 Å². The number of aryl methyl sites for hydroxylation is 1. The van der Waals surface area contributed by atoms with Crippen molar-refractivity contribution in [1.29, 1.82) is 0 Å². The summed E-state index contributed by atoms with van der Waals surface area (Å²) in [6.07, 6.45) is 2.18. The van der Waals surface area contributed by atoms with Crippen molar-refractivity contribution >= 4 is 5.91 Å². The summed E-state index contributed by atoms with van der Waals surface area (Å²) in [6, 6.07) is 14.2. The highest BCUT2D eigenvalue weighted by molar-refractivity contribution is 5.78. The van der Waals surface area contributed by atoms with Crippen molar-refractivity contribution in [3.8, 4) is 11.5 Å². The number of likely N-dealkylation sites (tertiary alicyclic amines) is 1. The van der Waals surface area contributed by atoms with Gasteiger partial charge in [0.25, 0.3) is 5.91 Å². The smallest absolute Gasteiger partial charge is 0.260 e. The largest absolute Gasteiger partial charge is 0.496 e. The Balaban J connectivity index is 1.61. The Kier molecular flexibility index (Phi) is 6.93. The first kappa shape index (κ1) is 20.2. The third kappa shape index (κ3) is 5.04. The van der Waals surface area contributed by atoms with Crippen molar-refractivity contribution in [3.63, 3.8) is 0 Å². The molecule has 1 amide bonds. The molecule has 0 saturated carbocycles. The lowest BCUT2D eigenvalue weighted by Gasteiger charge is -2.20. The summed E-state index contributed by atoms with van der Waals surface area (Å²) in [5.41, 5.74) is 3.37. The summed E-state index contributed by atoms with van der Waals surface area (Å²) < 4.78 is 11.4. The van der Waals surface area contributed by atoms with Gasteiger partial charge in [-0.15, -0.1) is 0 Å². The van der Waals surface area contributed by atoms with E-state index in [2.05, 4.69) is 31.3 Å². The molecule has 0 aliphatic carbocycles. The number of ether oxygens (including phenoxy) is 2. The lowest BCUT2D eigenvalue weighted by atomic mass is 10.0. The average Bonchev–Trinajstić information content (AvgIpc) is 3.25. The van der Waals surface area contributed by atoms with E-state index in [1.54, 1.807) is 7.11 Å². The van der Waals surface area contributed by atoms with Gasteiger partial charge in [-0.1, -0.05) is 35.9 Å². The first-order chi connectivity index (χ1) is 13.6. The maximum atomic E-state index is 12.3. The van der Waals surface area contributed by atoms with Crippen LogP contribution in [0, 0.1) is 6.92 Å². The second-order valence-corrected chi connectivity index (χ2v) is 7.33. The number of rotatable bonds is 8. The van der Waals surface area contributed by atoms with E-state index in [-0.39, 0.29) is 18.6 Å². The zero-order chi connectivity index (χ0) is 19.9. The Morgan fingerprint density at radius 2 is 1.89 bits per heavy atom. The molecule has 28 heavy (non-hydrogen) atoms. The molecule has 1 aliphatic heterocycles. The van der Waals surface area contributed by atoms with Crippen molar-refractivity contribution in [1.82, 2.24) is 10.2 Å². The molecular weight excluding hydrogens is 352 g/mol. The summed E-state index contributed by atoms with van der Waals surface area (Å²) in [6.45, 7) is 6.64. The van der Waals surface area contributed by atoms with Crippen molar-refractivity contribution in [3.05, 3.63) is 59.2 Å². The van der Waals surface area contributed by atoms with Crippen LogP contribution in [0.15, 0.2) is 42.5 Å². The predicted molar refractivity (Wildman–Crippen MR) is 111 cm³/mol. The van der Waals surface area contributed by atoms with Crippen LogP contribution in [0.25, 0.3) is 0 Å². The normalized spacial score (nSPS) is 14.8. The molecule has 3 rings (SSSR count). The molecule has 2 aromatic carbocycles. The number of carbonyl (C=O) groups excluding carboxylic acids is 1. The van der Waals surface area contributed by atoms with Gasteiger partial charge in [-0.2, -0.15) is 0 Å². The average molecular weight is 383 g/mol. The molecule has 1 N–H and O–H groups in total. The van der Waals surface area contributed by atoms with Gasteiger partial charge in [0.05, 0.1) is 7.11 Å². The molecule has 0 aromatic heterocycles. The minimum atomic E-state index is 0.0677. The Morgan fingerprint density at radius 3 is 2.64 bits per heavy atom. The molecule has 2 aromatic rings. The number of hydrogen-bond acceptors (Lipinski definition) is 4. The van der Waals surface area contributed by atoms with Crippen LogP contribution in [0.1, 0.15) is 42.5 Å². The van der Waals surface area contributed by atoms with Gasteiger partial charge in [0.1, 0.15) is 11.5 Å². The fourth-order valence-electron chi connectivity index (χ4n) is 3.55. The molecule has 0 unspecified atom stereocenters. The molecule has 1 fully saturated rings. The topological polar surface area (TPSA) is 50.8 Å². The molecule has 150 valence electrons. The van der Waals surface area contributed by atoms with Crippen LogP contribution in [0.2, 0.25) is 0 Å². The quantitative estimate of drug-likeness (QED) is 0.753. The van der Waals surface area contributed by atoms with Crippen LogP contribution >= 0.6 is 0 Å². The number of benzene rings is 2. The molecule has 5 heteroatoms. The summed E-state index contributed by atoms with van der Waals surface area (Å²) in [4.78, 5) is 14.1. The summed E-state index contributed by atoms with van der Waals surface area (Å²) in [7, 11) is 1.70. The van der Waals surface area contributed by atoms with E-state index in [4.69, 9.17) is 9.47 Å². The Labute approximate surface area is 167 Å². The number of nitrogens with zero attached hydrogens (tertiary/aromatic N) is 1. The molecule has 0 bridgehead atoms. The van der Waals surface area contributed by atoms with Gasteiger partial charge in [0, 0.05) is 36.8 Å². The van der Waals surface area contributed by atoms with Crippen LogP contribution in [-0.2, 0) is 11.3 Å². The van der Waals surface area contributed by atoms with E-state index < -0.39 is 0 Å². The first-order valence-corrected chi connectivity index (χ1v) is 9.95. The predicted octanol–water partition coefficient (Wildman–Crippen LogP) is 3.86. The fourth-order valence-corrected chi connectivity index (χ4v) is 3.55. The third-order valence-corrected chi connectivity index (χ3v) is 5.23. The Bertz CT molecular complexity index is 800. The maximum absolute atomic E-state index is 12.3. The first-order valence-electron chi connectivity index (χ1n) is 9.95. The zero-order valence-corrected chi connectivity index (χ0v) is 17.0. The fraction of sp³-hybridized carbons (Fsp3) is 0.435. The third-order valence-electron chi connectivity index (χ3n) is 5.23. The van der Waals surface area contributed by atoms with Crippen LogP contribution in [0.3, 0.4) is 0 Å². The number of methoxy groups -OCH3 is 1. The molecule has 1 aliphatic rings. The van der Waals surface area contributed by atoms with E-state index in [9.17, 15) is 4.79 Å². The van der Waals surface area contributed by atoms with Crippen LogP contribution in [0.5, 0.6) is 11.5 Å². The van der Waals surface area contributed by atoms with Crippen molar-refractivity contribution in [2.75, 3.05) is 26.8 Å². The molecule has 1 saturated heterocycles. The summed E-state index contributed by atoms with van der Waals surface area (Å²) >= 11 is 0. The number of para-hydroxylation sites is 1. The molecule has 1 atom stereocenters. The number of nitrogens with one attached hydrogen (secondary N) is 1. The SMILES string of the molecule is COc1ccc(C)cc1[C@H](C)NCc1ccccc1OCC(=O)N1CCCC1. The van der Waals surface area contributed by atoms with Gasteiger partial charge < -0.3 is 19.7 Å². The summed E-state index contributed by atoms with van der Waals surface area (Å²) in [5.74, 6) is 1.70. The molecule has 1 heterocycles. The van der Waals surface area contributed by atoms with E-state index in [1.807, 2.05) is 35.2 Å². The number of amides is 1. The van der Waals surface area contributed by atoms with Gasteiger partial charge >= 0.3 is 0 Å². The van der Waals surface area contributed by atoms with Crippen LogP contribution < -0.4 is 14.8 Å². The Hall–Kier alpha value is -2.53. The van der Waals surface area contributed by atoms with Gasteiger partial charge in [0.15, 0.2) is 6.61 Å². The van der Waals surface area contributed by atoms with Gasteiger partial charge in [-0.05, 0) is 38.8 Å². The van der Waals surface area contributed by atoms with Crippen molar-refractivity contribution in [2.24, 2.45) is 0 Å². The van der Waals surface area contributed by atoms with Crippen molar-refractivity contribution in [2.45, 2.75) is 39.3 Å². The lowest BCUT2D eigenvalue weighted by Crippen LogP contribution is -2.32. The molecular formula is C23H30N2O3. The maximum Gasteiger partial charge on any atom is 0.260 e. The number of carbonyl (C=O) groups is 1. The minimum Gasteiger partial charge on any atom is -0.496 e. The van der Waals surface area contributed by atoms with E-state index in [1.165, 1.54) is 5.56 Å². The zero-order valence-electron chi connectivity index (χ0n) is 17.0. The van der Waals surface area contributed by atoms with E-state index >= 15 is 0 Å².